The average Bonchev–Trinajstić information content (AvgIpc) is 3.10. The molecule has 0 amide bonds. The second-order valence-corrected chi connectivity index (χ2v) is 6.65. The third kappa shape index (κ3) is 3.12. The van der Waals surface area contributed by atoms with Crippen LogP contribution in [0.4, 0.5) is 0 Å². The number of nitrogens with zero attached hydrogens (tertiary/aromatic N) is 4. The van der Waals surface area contributed by atoms with Crippen LogP contribution in [0.3, 0.4) is 0 Å². The molecule has 2 aliphatic rings. The molecule has 0 bridgehead atoms. The highest BCUT2D eigenvalue weighted by atomic mass is 32.2. The van der Waals surface area contributed by atoms with E-state index < -0.39 is 0 Å². The number of likely N-dealkylation sites (tertiary alicyclic amines) is 1. The molecule has 1 aromatic heterocycles. The Morgan fingerprint density at radius 3 is 2.84 bits per heavy atom. The molecule has 1 aromatic rings. The monoisotopic (exact) mass is 281 g/mol. The number of rotatable bonds is 4. The lowest BCUT2D eigenvalue weighted by Gasteiger charge is -2.35. The molecule has 6 heteroatoms. The van der Waals surface area contributed by atoms with E-state index in [4.69, 9.17) is 0 Å². The van der Waals surface area contributed by atoms with Gasteiger partial charge in [-0.3, -0.25) is 4.90 Å². The first-order chi connectivity index (χ1) is 9.36. The SMILES string of the molecule is CNCc1cn(C2CCN(C3CCSC3)CC2)nn1. The van der Waals surface area contributed by atoms with Gasteiger partial charge >= 0.3 is 0 Å². The molecular formula is C13H23N5S. The summed E-state index contributed by atoms with van der Waals surface area (Å²) in [5, 5.41) is 11.6. The molecule has 1 N–H and O–H groups in total. The van der Waals surface area contributed by atoms with Gasteiger partial charge in [0.1, 0.15) is 0 Å². The molecule has 0 aliphatic carbocycles. The topological polar surface area (TPSA) is 46.0 Å². The van der Waals surface area contributed by atoms with E-state index in [1.165, 1.54) is 43.9 Å². The Kier molecular flexibility index (Phi) is 4.40. The summed E-state index contributed by atoms with van der Waals surface area (Å²) in [6.45, 7) is 3.24. The number of hydrogen-bond acceptors (Lipinski definition) is 5. The van der Waals surface area contributed by atoms with Crippen molar-refractivity contribution in [1.82, 2.24) is 25.2 Å². The molecular weight excluding hydrogens is 258 g/mol. The zero-order valence-corrected chi connectivity index (χ0v) is 12.4. The summed E-state index contributed by atoms with van der Waals surface area (Å²) in [6, 6.07) is 1.38. The Morgan fingerprint density at radius 2 is 2.16 bits per heavy atom. The normalized spacial score (nSPS) is 26.1. The molecule has 19 heavy (non-hydrogen) atoms. The van der Waals surface area contributed by atoms with Gasteiger partial charge in [-0.2, -0.15) is 11.8 Å². The molecule has 0 radical (unpaired) electrons. The van der Waals surface area contributed by atoms with Gasteiger partial charge < -0.3 is 5.32 Å². The van der Waals surface area contributed by atoms with Crippen LogP contribution in [-0.4, -0.2) is 57.6 Å². The van der Waals surface area contributed by atoms with Crippen molar-refractivity contribution >= 4 is 11.8 Å². The Labute approximate surface area is 119 Å². The van der Waals surface area contributed by atoms with E-state index in [1.807, 2.05) is 7.05 Å². The highest BCUT2D eigenvalue weighted by Gasteiger charge is 2.28. The van der Waals surface area contributed by atoms with E-state index in [-0.39, 0.29) is 0 Å². The van der Waals surface area contributed by atoms with Crippen molar-refractivity contribution in [3.63, 3.8) is 0 Å². The lowest BCUT2D eigenvalue weighted by atomic mass is 10.0. The predicted octanol–water partition coefficient (Wildman–Crippen LogP) is 1.14. The number of nitrogens with one attached hydrogen (secondary N) is 1. The van der Waals surface area contributed by atoms with Crippen LogP contribution in [-0.2, 0) is 6.54 Å². The minimum atomic E-state index is 0.545. The third-order valence-electron chi connectivity index (χ3n) is 4.21. The molecule has 1 unspecified atom stereocenters. The van der Waals surface area contributed by atoms with Crippen molar-refractivity contribution in [2.45, 2.75) is 37.9 Å². The zero-order chi connectivity index (χ0) is 13.1. The fourth-order valence-corrected chi connectivity index (χ4v) is 4.33. The van der Waals surface area contributed by atoms with Gasteiger partial charge in [0, 0.05) is 31.4 Å². The summed E-state index contributed by atoms with van der Waals surface area (Å²) >= 11 is 2.11. The predicted molar refractivity (Wildman–Crippen MR) is 78.4 cm³/mol. The second-order valence-electron chi connectivity index (χ2n) is 5.50. The number of hydrogen-bond donors (Lipinski definition) is 1. The van der Waals surface area contributed by atoms with Crippen molar-refractivity contribution in [2.75, 3.05) is 31.6 Å². The van der Waals surface area contributed by atoms with Gasteiger partial charge in [-0.15, -0.1) is 5.10 Å². The van der Waals surface area contributed by atoms with Gasteiger partial charge in [0.05, 0.1) is 17.9 Å². The summed E-state index contributed by atoms with van der Waals surface area (Å²) in [4.78, 5) is 2.68. The Bertz CT molecular complexity index is 393. The average molecular weight is 281 g/mol. The summed E-state index contributed by atoms with van der Waals surface area (Å²) < 4.78 is 2.08. The summed E-state index contributed by atoms with van der Waals surface area (Å²) in [6.07, 6.45) is 5.90. The van der Waals surface area contributed by atoms with Gasteiger partial charge in [-0.1, -0.05) is 5.21 Å². The number of aromatic nitrogens is 3. The molecule has 3 heterocycles. The standard InChI is InChI=1S/C13H23N5S/c1-14-8-11-9-18(16-15-11)12-2-5-17(6-3-12)13-4-7-19-10-13/h9,12-14H,2-8,10H2,1H3. The molecule has 0 aromatic carbocycles. The van der Waals surface area contributed by atoms with Crippen molar-refractivity contribution in [2.24, 2.45) is 0 Å². The first-order valence-corrected chi connectivity index (χ1v) is 8.39. The minimum Gasteiger partial charge on any atom is -0.314 e. The van der Waals surface area contributed by atoms with E-state index in [0.29, 0.717) is 6.04 Å². The number of piperidine rings is 1. The Morgan fingerprint density at radius 1 is 1.32 bits per heavy atom. The van der Waals surface area contributed by atoms with Gasteiger partial charge in [-0.25, -0.2) is 4.68 Å². The van der Waals surface area contributed by atoms with Crippen LogP contribution in [0, 0.1) is 0 Å². The van der Waals surface area contributed by atoms with Crippen LogP contribution in [0.2, 0.25) is 0 Å². The fraction of sp³-hybridized carbons (Fsp3) is 0.846. The van der Waals surface area contributed by atoms with Crippen molar-refractivity contribution in [3.8, 4) is 0 Å². The Hall–Kier alpha value is -0.590. The fourth-order valence-electron chi connectivity index (χ4n) is 3.08. The number of thioether (sulfide) groups is 1. The molecule has 2 fully saturated rings. The van der Waals surface area contributed by atoms with Gasteiger partial charge in [0.25, 0.3) is 0 Å². The quantitative estimate of drug-likeness (QED) is 0.897. The van der Waals surface area contributed by atoms with Crippen molar-refractivity contribution in [3.05, 3.63) is 11.9 Å². The lowest BCUT2D eigenvalue weighted by Crippen LogP contribution is -2.42. The molecule has 0 spiro atoms. The van der Waals surface area contributed by atoms with E-state index >= 15 is 0 Å². The molecule has 5 nitrogen and oxygen atoms in total. The van der Waals surface area contributed by atoms with Crippen LogP contribution >= 0.6 is 11.8 Å². The largest absolute Gasteiger partial charge is 0.314 e. The smallest absolute Gasteiger partial charge is 0.0964 e. The van der Waals surface area contributed by atoms with E-state index in [9.17, 15) is 0 Å². The molecule has 106 valence electrons. The van der Waals surface area contributed by atoms with Gasteiger partial charge in [-0.05, 0) is 32.1 Å². The summed E-state index contributed by atoms with van der Waals surface area (Å²) in [5.74, 6) is 2.68. The Balaban J connectivity index is 1.53. The van der Waals surface area contributed by atoms with Crippen LogP contribution in [0.25, 0.3) is 0 Å². The van der Waals surface area contributed by atoms with Crippen molar-refractivity contribution in [1.29, 1.82) is 0 Å². The molecule has 3 rings (SSSR count). The first-order valence-electron chi connectivity index (χ1n) is 7.24. The van der Waals surface area contributed by atoms with Gasteiger partial charge in [0.2, 0.25) is 0 Å². The first kappa shape index (κ1) is 13.4. The minimum absolute atomic E-state index is 0.545. The van der Waals surface area contributed by atoms with Crippen LogP contribution < -0.4 is 5.32 Å². The van der Waals surface area contributed by atoms with Crippen molar-refractivity contribution < 1.29 is 0 Å². The van der Waals surface area contributed by atoms with E-state index in [1.54, 1.807) is 0 Å². The maximum absolute atomic E-state index is 4.29. The molecule has 2 aliphatic heterocycles. The lowest BCUT2D eigenvalue weighted by molar-refractivity contribution is 0.141. The maximum Gasteiger partial charge on any atom is 0.0964 e. The maximum atomic E-state index is 4.29. The highest BCUT2D eigenvalue weighted by molar-refractivity contribution is 7.99. The van der Waals surface area contributed by atoms with Crippen LogP contribution in [0.1, 0.15) is 31.0 Å². The molecule has 0 saturated carbocycles. The third-order valence-corrected chi connectivity index (χ3v) is 5.36. The second kappa shape index (κ2) is 6.24. The van der Waals surface area contributed by atoms with Crippen LogP contribution in [0.5, 0.6) is 0 Å². The summed E-state index contributed by atoms with van der Waals surface area (Å²) in [5.41, 5.74) is 1.04. The summed E-state index contributed by atoms with van der Waals surface area (Å²) in [7, 11) is 1.94. The van der Waals surface area contributed by atoms with Crippen LogP contribution in [0.15, 0.2) is 6.20 Å². The molecule has 1 atom stereocenters. The zero-order valence-electron chi connectivity index (χ0n) is 11.6. The van der Waals surface area contributed by atoms with E-state index in [0.717, 1.165) is 18.3 Å². The van der Waals surface area contributed by atoms with E-state index in [2.05, 4.69) is 43.2 Å². The van der Waals surface area contributed by atoms with Gasteiger partial charge in [0.15, 0.2) is 0 Å². The highest BCUT2D eigenvalue weighted by Crippen LogP contribution is 2.28. The molecule has 2 saturated heterocycles.